The molecule has 2 saturated heterocycles. The maximum Gasteiger partial charge on any atom is 0.435 e. The lowest BCUT2D eigenvalue weighted by molar-refractivity contribution is -0.348. The van der Waals surface area contributed by atoms with E-state index in [4.69, 9.17) is 0 Å². The van der Waals surface area contributed by atoms with Crippen LogP contribution in [0.15, 0.2) is 47.4 Å². The van der Waals surface area contributed by atoms with E-state index < -0.39 is 82.5 Å². The monoisotopic (exact) mass is 673 g/mol. The van der Waals surface area contributed by atoms with Gasteiger partial charge in [-0.25, -0.2) is 25.6 Å². The Morgan fingerprint density at radius 2 is 1.48 bits per heavy atom. The van der Waals surface area contributed by atoms with Crippen molar-refractivity contribution in [3.63, 3.8) is 0 Å². The number of hydrogen-bond donors (Lipinski definition) is 0. The number of carbonyl (C=O) groups excluding carboxylic acids is 1. The van der Waals surface area contributed by atoms with Crippen molar-refractivity contribution in [3.05, 3.63) is 65.0 Å². The van der Waals surface area contributed by atoms with Crippen molar-refractivity contribution >= 4 is 25.6 Å². The van der Waals surface area contributed by atoms with E-state index in [1.165, 1.54) is 11.8 Å². The van der Waals surface area contributed by atoms with Gasteiger partial charge in [-0.15, -0.1) is 0 Å². The molecule has 1 amide bonds. The van der Waals surface area contributed by atoms with Crippen molar-refractivity contribution in [2.24, 2.45) is 11.8 Å². The molecule has 2 aromatic rings. The third-order valence-corrected chi connectivity index (χ3v) is 13.6. The number of halogens is 8. The van der Waals surface area contributed by atoms with Crippen molar-refractivity contribution in [2.45, 2.75) is 66.3 Å². The number of likely N-dealkylation sites (tertiary alicyclic amines) is 1. The molecular weight excluding hydrogens is 646 g/mol. The summed E-state index contributed by atoms with van der Waals surface area (Å²) < 4.78 is 161. The van der Waals surface area contributed by atoms with Gasteiger partial charge < -0.3 is 4.90 Å². The van der Waals surface area contributed by atoms with E-state index in [-0.39, 0.29) is 60.9 Å². The Morgan fingerprint density at radius 1 is 0.909 bits per heavy atom. The number of amides is 1. The lowest BCUT2D eigenvalue weighted by Gasteiger charge is -2.45. The maximum absolute atomic E-state index is 15.0. The first kappa shape index (κ1) is 32.6. The summed E-state index contributed by atoms with van der Waals surface area (Å²) in [4.78, 5) is 14.7. The van der Waals surface area contributed by atoms with Gasteiger partial charge in [0.1, 0.15) is 20.4 Å². The SMILES string of the molecule is C[C@H]1CN(C(=O)C2CCS(=O)(=O)CC2)C2CCc3cc(C(F)(C(F)(F)F)C(F)(F)F)ccc3C21S(=O)(=O)c1ccc(F)cc1. The minimum absolute atomic E-state index is 0.00386. The van der Waals surface area contributed by atoms with Gasteiger partial charge in [-0.1, -0.05) is 25.1 Å². The fraction of sp³-hybridized carbons (Fsp3) is 0.536. The first-order valence-electron chi connectivity index (χ1n) is 13.7. The Hall–Kier alpha value is -2.75. The van der Waals surface area contributed by atoms with Crippen molar-refractivity contribution in [1.29, 1.82) is 0 Å². The van der Waals surface area contributed by atoms with Gasteiger partial charge in [0.15, 0.2) is 9.84 Å². The highest BCUT2D eigenvalue weighted by Crippen LogP contribution is 2.58. The van der Waals surface area contributed by atoms with Crippen LogP contribution in [0.2, 0.25) is 0 Å². The third kappa shape index (κ3) is 4.72. The van der Waals surface area contributed by atoms with E-state index in [0.29, 0.717) is 6.07 Å². The number of fused-ring (bicyclic) bond motifs is 3. The van der Waals surface area contributed by atoms with Gasteiger partial charge >= 0.3 is 18.0 Å². The second-order valence-electron chi connectivity index (χ2n) is 11.6. The molecule has 16 heteroatoms. The van der Waals surface area contributed by atoms with E-state index in [1.807, 2.05) is 0 Å². The molecule has 6 nitrogen and oxygen atoms in total. The van der Waals surface area contributed by atoms with E-state index >= 15 is 4.39 Å². The van der Waals surface area contributed by atoms with Gasteiger partial charge in [-0.2, -0.15) is 26.3 Å². The molecule has 1 aliphatic carbocycles. The Labute approximate surface area is 248 Å². The Morgan fingerprint density at radius 3 is 2.02 bits per heavy atom. The van der Waals surface area contributed by atoms with Crippen LogP contribution in [0.25, 0.3) is 0 Å². The van der Waals surface area contributed by atoms with Gasteiger partial charge in [-0.05, 0) is 67.0 Å². The average molecular weight is 674 g/mol. The molecule has 0 N–H and O–H groups in total. The number of rotatable bonds is 4. The highest BCUT2D eigenvalue weighted by Gasteiger charge is 2.74. The molecule has 44 heavy (non-hydrogen) atoms. The summed E-state index contributed by atoms with van der Waals surface area (Å²) in [5.41, 5.74) is -7.93. The van der Waals surface area contributed by atoms with Crippen molar-refractivity contribution < 1.29 is 56.8 Å². The molecule has 2 unspecified atom stereocenters. The Bertz CT molecular complexity index is 1660. The van der Waals surface area contributed by atoms with Crippen molar-refractivity contribution in [1.82, 2.24) is 4.90 Å². The molecule has 3 aliphatic rings. The van der Waals surface area contributed by atoms with Crippen LogP contribution in [0.3, 0.4) is 0 Å². The number of carbonyl (C=O) groups is 1. The van der Waals surface area contributed by atoms with E-state index in [9.17, 15) is 52.4 Å². The van der Waals surface area contributed by atoms with Crippen LogP contribution < -0.4 is 0 Å². The van der Waals surface area contributed by atoms with E-state index in [2.05, 4.69) is 0 Å². The van der Waals surface area contributed by atoms with Crippen LogP contribution in [0.4, 0.5) is 35.1 Å². The van der Waals surface area contributed by atoms with Gasteiger partial charge in [0.25, 0.3) is 0 Å². The van der Waals surface area contributed by atoms with Crippen LogP contribution >= 0.6 is 0 Å². The van der Waals surface area contributed by atoms with Crippen LogP contribution in [-0.2, 0) is 41.3 Å². The number of nitrogens with zero attached hydrogens (tertiary/aromatic N) is 1. The zero-order chi connectivity index (χ0) is 32.7. The summed E-state index contributed by atoms with van der Waals surface area (Å²) in [6.45, 7) is 1.30. The van der Waals surface area contributed by atoms with Gasteiger partial charge in [-0.3, -0.25) is 4.79 Å². The zero-order valence-electron chi connectivity index (χ0n) is 23.1. The van der Waals surface area contributed by atoms with E-state index in [0.717, 1.165) is 30.3 Å². The molecule has 3 atom stereocenters. The summed E-state index contributed by atoms with van der Waals surface area (Å²) in [6, 6.07) is 3.95. The number of sulfone groups is 2. The summed E-state index contributed by atoms with van der Waals surface area (Å²) in [6.07, 6.45) is -13.3. The molecule has 0 radical (unpaired) electrons. The first-order chi connectivity index (χ1) is 20.2. The highest BCUT2D eigenvalue weighted by atomic mass is 32.2. The molecular formula is C28H27F8NO5S2. The van der Waals surface area contributed by atoms with Crippen molar-refractivity contribution in [3.8, 4) is 0 Å². The lowest BCUT2D eigenvalue weighted by atomic mass is 9.73. The molecule has 2 fully saturated rings. The fourth-order valence-electron chi connectivity index (χ4n) is 7.12. The second kappa shape index (κ2) is 10.4. The zero-order valence-corrected chi connectivity index (χ0v) is 24.7. The largest absolute Gasteiger partial charge is 0.435 e. The summed E-state index contributed by atoms with van der Waals surface area (Å²) in [5, 5.41) is 0. The Balaban J connectivity index is 1.69. The molecule has 2 aliphatic heterocycles. The first-order valence-corrected chi connectivity index (χ1v) is 17.0. The van der Waals surface area contributed by atoms with Crippen LogP contribution in [0, 0.1) is 17.7 Å². The highest BCUT2D eigenvalue weighted by molar-refractivity contribution is 7.92. The smallest absolute Gasteiger partial charge is 0.337 e. The predicted octanol–water partition coefficient (Wildman–Crippen LogP) is 5.40. The van der Waals surface area contributed by atoms with Gasteiger partial charge in [0.2, 0.25) is 5.91 Å². The lowest BCUT2D eigenvalue weighted by Crippen LogP contribution is -2.55. The maximum atomic E-state index is 15.0. The summed E-state index contributed by atoms with van der Waals surface area (Å²) in [5.74, 6) is -3.50. The second-order valence-corrected chi connectivity index (χ2v) is 16.1. The number of aryl methyl sites for hydroxylation is 1. The van der Waals surface area contributed by atoms with Crippen LogP contribution in [0.1, 0.15) is 42.9 Å². The van der Waals surface area contributed by atoms with Gasteiger partial charge in [0, 0.05) is 18.0 Å². The molecule has 0 bridgehead atoms. The summed E-state index contributed by atoms with van der Waals surface area (Å²) in [7, 11) is -8.00. The standard InChI is InChI=1S/C28H27F8NO5S2/c1-16-15-37(24(38)17-10-12-43(39,40)13-11-17)23-9-2-18-14-19(26(30,27(31,32)33)28(34,35)36)3-8-22(18)25(16,23)44(41,42)21-6-4-20(29)5-7-21/h3-8,14,16-17,23H,2,9-13,15H2,1H3/t16-,23?,25?/m0/s1. The molecule has 0 spiro atoms. The normalized spacial score (nSPS) is 26.2. The third-order valence-electron chi connectivity index (χ3n) is 9.22. The minimum atomic E-state index is -6.38. The van der Waals surface area contributed by atoms with Crippen LogP contribution in [0.5, 0.6) is 0 Å². The quantitative estimate of drug-likeness (QED) is 0.321. The number of benzene rings is 2. The van der Waals surface area contributed by atoms with Crippen molar-refractivity contribution in [2.75, 3.05) is 18.1 Å². The Kier molecular flexibility index (Phi) is 7.71. The van der Waals surface area contributed by atoms with E-state index in [1.54, 1.807) is 0 Å². The molecule has 0 saturated carbocycles. The summed E-state index contributed by atoms with van der Waals surface area (Å²) >= 11 is 0. The topological polar surface area (TPSA) is 88.6 Å². The average Bonchev–Trinajstić information content (AvgIpc) is 3.24. The molecule has 242 valence electrons. The fourth-order valence-corrected chi connectivity index (χ4v) is 11.2. The predicted molar refractivity (Wildman–Crippen MR) is 141 cm³/mol. The van der Waals surface area contributed by atoms with Crippen LogP contribution in [-0.4, -0.2) is 64.1 Å². The molecule has 5 rings (SSSR count). The number of hydrogen-bond acceptors (Lipinski definition) is 5. The number of alkyl halides is 7. The minimum Gasteiger partial charge on any atom is -0.337 e. The van der Waals surface area contributed by atoms with Gasteiger partial charge in [0.05, 0.1) is 22.4 Å². The molecule has 0 aromatic heterocycles. The molecule has 2 aromatic carbocycles. The molecule has 2 heterocycles.